The topological polar surface area (TPSA) is 40.5 Å². The summed E-state index contributed by atoms with van der Waals surface area (Å²) in [4.78, 5) is 0. The fourth-order valence-electron chi connectivity index (χ4n) is 2.17. The summed E-state index contributed by atoms with van der Waals surface area (Å²) in [6.07, 6.45) is 3.00. The molecule has 4 atom stereocenters. The first-order valence-corrected chi connectivity index (χ1v) is 4.94. The lowest BCUT2D eigenvalue weighted by Crippen LogP contribution is -2.34. The standard InChI is InChI=1S/C10H20O2/c1-7-3-4-9(8(2)6-11)10(12)5-7/h7-12H,3-6H2,1-2H3/t7-,8?,9+,10?/m1/s1. The van der Waals surface area contributed by atoms with Gasteiger partial charge in [0.25, 0.3) is 0 Å². The van der Waals surface area contributed by atoms with Gasteiger partial charge >= 0.3 is 0 Å². The molecule has 1 aliphatic rings. The molecule has 0 bridgehead atoms. The molecule has 2 heteroatoms. The Bertz CT molecular complexity index is 136. The molecule has 1 saturated carbocycles. The maximum absolute atomic E-state index is 9.73. The lowest BCUT2D eigenvalue weighted by atomic mass is 9.75. The van der Waals surface area contributed by atoms with Crippen molar-refractivity contribution in [3.63, 3.8) is 0 Å². The van der Waals surface area contributed by atoms with Gasteiger partial charge in [-0.1, -0.05) is 20.3 Å². The fraction of sp³-hybridized carbons (Fsp3) is 1.00. The van der Waals surface area contributed by atoms with E-state index in [1.165, 1.54) is 6.42 Å². The van der Waals surface area contributed by atoms with Crippen LogP contribution in [0.15, 0.2) is 0 Å². The second-order valence-electron chi connectivity index (χ2n) is 4.31. The van der Waals surface area contributed by atoms with Gasteiger partial charge in [-0.15, -0.1) is 0 Å². The van der Waals surface area contributed by atoms with Gasteiger partial charge in [-0.05, 0) is 30.6 Å². The number of rotatable bonds is 2. The van der Waals surface area contributed by atoms with Gasteiger partial charge in [0.15, 0.2) is 0 Å². The first-order chi connectivity index (χ1) is 5.65. The summed E-state index contributed by atoms with van der Waals surface area (Å²) in [5, 5.41) is 18.7. The molecule has 2 N–H and O–H groups in total. The summed E-state index contributed by atoms with van der Waals surface area (Å²) in [6, 6.07) is 0. The molecular weight excluding hydrogens is 152 g/mol. The largest absolute Gasteiger partial charge is 0.396 e. The molecule has 0 heterocycles. The van der Waals surface area contributed by atoms with Crippen LogP contribution in [-0.2, 0) is 0 Å². The zero-order valence-corrected chi connectivity index (χ0v) is 8.03. The summed E-state index contributed by atoms with van der Waals surface area (Å²) in [5.41, 5.74) is 0. The van der Waals surface area contributed by atoms with Crippen LogP contribution in [0.1, 0.15) is 33.1 Å². The fourth-order valence-corrected chi connectivity index (χ4v) is 2.17. The van der Waals surface area contributed by atoms with Gasteiger partial charge in [-0.3, -0.25) is 0 Å². The summed E-state index contributed by atoms with van der Waals surface area (Å²) in [6.45, 7) is 4.41. The highest BCUT2D eigenvalue weighted by Gasteiger charge is 2.30. The SMILES string of the molecule is CC(CO)[C@@H]1CC[C@@H](C)CC1O. The van der Waals surface area contributed by atoms with Crippen molar-refractivity contribution >= 4 is 0 Å². The Labute approximate surface area is 74.6 Å². The molecule has 0 aliphatic heterocycles. The van der Waals surface area contributed by atoms with Crippen molar-refractivity contribution in [3.05, 3.63) is 0 Å². The molecule has 2 nitrogen and oxygen atoms in total. The maximum atomic E-state index is 9.73. The van der Waals surface area contributed by atoms with Gasteiger partial charge in [0, 0.05) is 6.61 Å². The number of hydrogen-bond donors (Lipinski definition) is 2. The van der Waals surface area contributed by atoms with E-state index in [-0.39, 0.29) is 18.6 Å². The molecule has 12 heavy (non-hydrogen) atoms. The van der Waals surface area contributed by atoms with E-state index < -0.39 is 0 Å². The average molecular weight is 172 g/mol. The van der Waals surface area contributed by atoms with E-state index in [1.807, 2.05) is 6.92 Å². The van der Waals surface area contributed by atoms with E-state index in [0.717, 1.165) is 12.8 Å². The van der Waals surface area contributed by atoms with E-state index in [4.69, 9.17) is 5.11 Å². The molecule has 0 saturated heterocycles. The second-order valence-corrected chi connectivity index (χ2v) is 4.31. The maximum Gasteiger partial charge on any atom is 0.0574 e. The predicted molar refractivity (Wildman–Crippen MR) is 48.8 cm³/mol. The summed E-state index contributed by atoms with van der Waals surface area (Å²) < 4.78 is 0. The third-order valence-corrected chi connectivity index (χ3v) is 3.15. The highest BCUT2D eigenvalue weighted by Crippen LogP contribution is 2.33. The van der Waals surface area contributed by atoms with Crippen LogP contribution < -0.4 is 0 Å². The molecule has 0 radical (unpaired) electrons. The smallest absolute Gasteiger partial charge is 0.0574 e. The molecule has 0 aromatic heterocycles. The van der Waals surface area contributed by atoms with Gasteiger partial charge in [0.2, 0.25) is 0 Å². The van der Waals surface area contributed by atoms with Crippen LogP contribution in [0.2, 0.25) is 0 Å². The molecule has 0 aromatic rings. The molecule has 0 aromatic carbocycles. The van der Waals surface area contributed by atoms with Gasteiger partial charge in [0.1, 0.15) is 0 Å². The van der Waals surface area contributed by atoms with Crippen molar-refractivity contribution in [3.8, 4) is 0 Å². The van der Waals surface area contributed by atoms with Gasteiger partial charge in [-0.2, -0.15) is 0 Å². The number of hydrogen-bond acceptors (Lipinski definition) is 2. The molecule has 2 unspecified atom stereocenters. The van der Waals surface area contributed by atoms with Crippen LogP contribution in [-0.4, -0.2) is 22.9 Å². The normalized spacial score (nSPS) is 39.5. The van der Waals surface area contributed by atoms with E-state index in [9.17, 15) is 5.11 Å². The molecule has 1 aliphatic carbocycles. The lowest BCUT2D eigenvalue weighted by molar-refractivity contribution is 0.00804. The van der Waals surface area contributed by atoms with Crippen molar-refractivity contribution in [2.24, 2.45) is 17.8 Å². The first-order valence-electron chi connectivity index (χ1n) is 4.94. The van der Waals surface area contributed by atoms with E-state index in [1.54, 1.807) is 0 Å². The highest BCUT2D eigenvalue weighted by molar-refractivity contribution is 4.80. The van der Waals surface area contributed by atoms with Gasteiger partial charge < -0.3 is 10.2 Å². The van der Waals surface area contributed by atoms with Gasteiger partial charge in [0.05, 0.1) is 6.10 Å². The van der Waals surface area contributed by atoms with Crippen LogP contribution >= 0.6 is 0 Å². The zero-order valence-electron chi connectivity index (χ0n) is 8.03. The Morgan fingerprint density at radius 2 is 2.08 bits per heavy atom. The molecule has 1 fully saturated rings. The molecule has 0 spiro atoms. The Hall–Kier alpha value is -0.0800. The average Bonchev–Trinajstić information content (AvgIpc) is 2.03. The minimum atomic E-state index is -0.184. The van der Waals surface area contributed by atoms with Crippen LogP contribution in [0.3, 0.4) is 0 Å². The van der Waals surface area contributed by atoms with E-state index >= 15 is 0 Å². The van der Waals surface area contributed by atoms with Crippen LogP contribution in [0.25, 0.3) is 0 Å². The predicted octanol–water partition coefficient (Wildman–Crippen LogP) is 1.41. The highest BCUT2D eigenvalue weighted by atomic mass is 16.3. The van der Waals surface area contributed by atoms with E-state index in [0.29, 0.717) is 11.8 Å². The van der Waals surface area contributed by atoms with Crippen molar-refractivity contribution in [1.29, 1.82) is 0 Å². The summed E-state index contributed by atoms with van der Waals surface area (Å²) >= 11 is 0. The molecule has 1 rings (SSSR count). The number of aliphatic hydroxyl groups is 2. The van der Waals surface area contributed by atoms with Crippen molar-refractivity contribution < 1.29 is 10.2 Å². The zero-order chi connectivity index (χ0) is 9.14. The van der Waals surface area contributed by atoms with Crippen molar-refractivity contribution in [2.75, 3.05) is 6.61 Å². The van der Waals surface area contributed by atoms with Crippen LogP contribution in [0, 0.1) is 17.8 Å². The third kappa shape index (κ3) is 2.20. The molecule has 0 amide bonds. The van der Waals surface area contributed by atoms with Crippen LogP contribution in [0.5, 0.6) is 0 Å². The minimum absolute atomic E-state index is 0.184. The monoisotopic (exact) mass is 172 g/mol. The third-order valence-electron chi connectivity index (χ3n) is 3.15. The summed E-state index contributed by atoms with van der Waals surface area (Å²) in [5.74, 6) is 1.24. The van der Waals surface area contributed by atoms with E-state index in [2.05, 4.69) is 6.92 Å². The Kier molecular flexibility index (Phi) is 3.53. The summed E-state index contributed by atoms with van der Waals surface area (Å²) in [7, 11) is 0. The van der Waals surface area contributed by atoms with Crippen LogP contribution in [0.4, 0.5) is 0 Å². The number of aliphatic hydroxyl groups excluding tert-OH is 2. The van der Waals surface area contributed by atoms with Crippen molar-refractivity contribution in [2.45, 2.75) is 39.2 Å². The Balaban J connectivity index is 2.44. The minimum Gasteiger partial charge on any atom is -0.396 e. The molecular formula is C10H20O2. The lowest BCUT2D eigenvalue weighted by Gasteiger charge is -2.34. The Morgan fingerprint density at radius 1 is 1.42 bits per heavy atom. The first kappa shape index (κ1) is 10.0. The molecule has 72 valence electrons. The quantitative estimate of drug-likeness (QED) is 0.661. The Morgan fingerprint density at radius 3 is 2.58 bits per heavy atom. The second kappa shape index (κ2) is 4.24. The van der Waals surface area contributed by atoms with Gasteiger partial charge in [-0.25, -0.2) is 0 Å². The van der Waals surface area contributed by atoms with Crippen molar-refractivity contribution in [1.82, 2.24) is 0 Å².